The molecular formula is C18H12F3N3O2S. The molecule has 2 aliphatic rings. The van der Waals surface area contributed by atoms with Gasteiger partial charge in [-0.2, -0.15) is 23.3 Å². The van der Waals surface area contributed by atoms with E-state index >= 15 is 0 Å². The molecule has 0 amide bonds. The minimum Gasteiger partial charge on any atom is -0.492 e. The first-order chi connectivity index (χ1) is 12.9. The zero-order valence-electron chi connectivity index (χ0n) is 13.6. The number of alkyl halides is 3. The van der Waals surface area contributed by atoms with Crippen LogP contribution in [0.2, 0.25) is 0 Å². The summed E-state index contributed by atoms with van der Waals surface area (Å²) < 4.78 is 48.3. The highest BCUT2D eigenvalue weighted by atomic mass is 32.1. The first-order valence-electron chi connectivity index (χ1n) is 8.15. The van der Waals surface area contributed by atoms with E-state index in [1.807, 2.05) is 0 Å². The van der Waals surface area contributed by atoms with Crippen LogP contribution >= 0.6 is 11.3 Å². The number of nitrogens with zero attached hydrogens (tertiary/aromatic N) is 3. The van der Waals surface area contributed by atoms with Crippen LogP contribution in [0.4, 0.5) is 18.3 Å². The summed E-state index contributed by atoms with van der Waals surface area (Å²) in [6, 6.07) is 13.7. The molecule has 5 nitrogen and oxygen atoms in total. The van der Waals surface area contributed by atoms with Crippen LogP contribution in [0.5, 0.6) is 5.75 Å². The number of hydrazone groups is 1. The van der Waals surface area contributed by atoms with Crippen molar-refractivity contribution in [2.24, 2.45) is 11.0 Å². The van der Waals surface area contributed by atoms with E-state index in [4.69, 9.17) is 4.74 Å². The Bertz CT molecular complexity index is 1050. The van der Waals surface area contributed by atoms with Gasteiger partial charge in [0.15, 0.2) is 0 Å². The molecule has 0 bridgehead atoms. The number of ether oxygens (including phenoxy) is 1. The van der Waals surface area contributed by atoms with Crippen molar-refractivity contribution in [3.63, 3.8) is 0 Å². The number of hydrogen-bond donors (Lipinski definition) is 1. The topological polar surface area (TPSA) is 58.0 Å². The summed E-state index contributed by atoms with van der Waals surface area (Å²) in [5, 5.41) is 15.6. The SMILES string of the molecule is O[C@]1(C(F)(F)F)[C@H]2COc3ccccc3C2=NN1c1nc2ccccc2s1. The van der Waals surface area contributed by atoms with Crippen molar-refractivity contribution in [2.45, 2.75) is 11.9 Å². The third-order valence-corrected chi connectivity index (χ3v) is 5.81. The van der Waals surface area contributed by atoms with E-state index in [0.717, 1.165) is 11.3 Å². The molecule has 1 N–H and O–H groups in total. The molecule has 2 aliphatic heterocycles. The number of aromatic nitrogens is 1. The van der Waals surface area contributed by atoms with Crippen LogP contribution in [-0.2, 0) is 0 Å². The fourth-order valence-electron chi connectivity index (χ4n) is 3.46. The first-order valence-corrected chi connectivity index (χ1v) is 8.97. The summed E-state index contributed by atoms with van der Waals surface area (Å²) in [4.78, 5) is 4.25. The molecule has 0 fully saturated rings. The number of anilines is 1. The highest BCUT2D eigenvalue weighted by Gasteiger charge is 2.69. The Hall–Kier alpha value is -2.65. The number of halogens is 3. The molecule has 9 heteroatoms. The molecule has 2 atom stereocenters. The van der Waals surface area contributed by atoms with E-state index in [2.05, 4.69) is 10.1 Å². The van der Waals surface area contributed by atoms with Gasteiger partial charge in [0.05, 0.1) is 21.8 Å². The lowest BCUT2D eigenvalue weighted by Gasteiger charge is -2.38. The van der Waals surface area contributed by atoms with Gasteiger partial charge in [0, 0.05) is 5.56 Å². The fourth-order valence-corrected chi connectivity index (χ4v) is 4.43. The van der Waals surface area contributed by atoms with E-state index in [9.17, 15) is 18.3 Å². The maximum absolute atomic E-state index is 14.0. The van der Waals surface area contributed by atoms with Gasteiger partial charge in [-0.3, -0.25) is 0 Å². The molecule has 1 aromatic heterocycles. The predicted octanol–water partition coefficient (Wildman–Crippen LogP) is 3.78. The Labute approximate surface area is 155 Å². The third kappa shape index (κ3) is 2.21. The third-order valence-electron chi connectivity index (χ3n) is 4.80. The average Bonchev–Trinajstić information content (AvgIpc) is 3.21. The Morgan fingerprint density at radius 2 is 1.89 bits per heavy atom. The summed E-state index contributed by atoms with van der Waals surface area (Å²) in [6.07, 6.45) is -4.96. The molecule has 0 saturated heterocycles. The van der Waals surface area contributed by atoms with Gasteiger partial charge in [-0.05, 0) is 24.3 Å². The Morgan fingerprint density at radius 3 is 2.67 bits per heavy atom. The van der Waals surface area contributed by atoms with Gasteiger partial charge >= 0.3 is 6.18 Å². The molecule has 0 radical (unpaired) electrons. The molecular weight excluding hydrogens is 379 g/mol. The van der Waals surface area contributed by atoms with Crippen molar-refractivity contribution in [3.8, 4) is 5.75 Å². The molecule has 3 aromatic rings. The van der Waals surface area contributed by atoms with E-state index in [0.29, 0.717) is 26.5 Å². The summed E-state index contributed by atoms with van der Waals surface area (Å²) in [5.74, 6) is -0.928. The Kier molecular flexibility index (Phi) is 3.32. The van der Waals surface area contributed by atoms with Crippen LogP contribution in [0.3, 0.4) is 0 Å². The normalized spacial score (nSPS) is 24.4. The van der Waals surface area contributed by atoms with Crippen LogP contribution in [0.15, 0.2) is 53.6 Å². The molecule has 138 valence electrons. The van der Waals surface area contributed by atoms with Gasteiger partial charge in [0.1, 0.15) is 12.4 Å². The van der Waals surface area contributed by atoms with Gasteiger partial charge in [-0.25, -0.2) is 4.98 Å². The minimum atomic E-state index is -4.96. The number of rotatable bonds is 1. The summed E-state index contributed by atoms with van der Waals surface area (Å²) in [7, 11) is 0. The van der Waals surface area contributed by atoms with Crippen molar-refractivity contribution in [1.82, 2.24) is 4.98 Å². The van der Waals surface area contributed by atoms with E-state index < -0.39 is 17.8 Å². The Balaban J connectivity index is 1.71. The highest BCUT2D eigenvalue weighted by molar-refractivity contribution is 7.22. The largest absolute Gasteiger partial charge is 0.492 e. The van der Waals surface area contributed by atoms with Crippen LogP contribution in [0, 0.1) is 5.92 Å². The van der Waals surface area contributed by atoms with Gasteiger partial charge in [0.2, 0.25) is 5.13 Å². The highest BCUT2D eigenvalue weighted by Crippen LogP contribution is 2.50. The maximum Gasteiger partial charge on any atom is 0.439 e. The molecule has 0 unspecified atom stereocenters. The smallest absolute Gasteiger partial charge is 0.439 e. The van der Waals surface area contributed by atoms with Crippen LogP contribution in [0.1, 0.15) is 5.56 Å². The van der Waals surface area contributed by atoms with Gasteiger partial charge < -0.3 is 9.84 Å². The van der Waals surface area contributed by atoms with Gasteiger partial charge in [0.25, 0.3) is 5.72 Å². The zero-order chi connectivity index (χ0) is 18.8. The van der Waals surface area contributed by atoms with Crippen molar-refractivity contribution in [3.05, 3.63) is 54.1 Å². The summed E-state index contributed by atoms with van der Waals surface area (Å²) >= 11 is 1.05. The van der Waals surface area contributed by atoms with E-state index in [-0.39, 0.29) is 17.5 Å². The predicted molar refractivity (Wildman–Crippen MR) is 95.1 cm³/mol. The fraction of sp³-hybridized carbons (Fsp3) is 0.222. The lowest BCUT2D eigenvalue weighted by molar-refractivity contribution is -0.270. The second-order valence-electron chi connectivity index (χ2n) is 6.34. The average molecular weight is 391 g/mol. The molecule has 27 heavy (non-hydrogen) atoms. The number of aliphatic hydroxyl groups is 1. The summed E-state index contributed by atoms with van der Waals surface area (Å²) in [5.41, 5.74) is -2.09. The number of hydrogen-bond acceptors (Lipinski definition) is 6. The van der Waals surface area contributed by atoms with Gasteiger partial charge in [-0.1, -0.05) is 35.6 Å². The zero-order valence-corrected chi connectivity index (χ0v) is 14.5. The molecule has 0 spiro atoms. The van der Waals surface area contributed by atoms with E-state index in [1.165, 1.54) is 0 Å². The molecule has 0 saturated carbocycles. The number of thiazole rings is 1. The van der Waals surface area contributed by atoms with Crippen molar-refractivity contribution in [1.29, 1.82) is 0 Å². The van der Waals surface area contributed by atoms with Crippen molar-refractivity contribution in [2.75, 3.05) is 11.6 Å². The second-order valence-corrected chi connectivity index (χ2v) is 7.35. The second kappa shape index (κ2) is 5.43. The lowest BCUT2D eigenvalue weighted by Crippen LogP contribution is -2.61. The van der Waals surface area contributed by atoms with E-state index in [1.54, 1.807) is 48.5 Å². The minimum absolute atomic E-state index is 0.0181. The van der Waals surface area contributed by atoms with Crippen LogP contribution in [0.25, 0.3) is 10.2 Å². The number of benzene rings is 2. The first kappa shape index (κ1) is 16.5. The Morgan fingerprint density at radius 1 is 1.15 bits per heavy atom. The molecule has 0 aliphatic carbocycles. The molecule has 5 rings (SSSR count). The van der Waals surface area contributed by atoms with Crippen LogP contribution in [-0.4, -0.2) is 34.3 Å². The number of fused-ring (bicyclic) bond motifs is 4. The van der Waals surface area contributed by atoms with Crippen molar-refractivity contribution >= 4 is 32.4 Å². The standard InChI is InChI=1S/C18H12F3N3O2S/c19-18(20,21)17(25)11-9-26-13-7-3-1-5-10(13)15(11)23-24(17)16-22-12-6-2-4-8-14(12)27-16/h1-8,11,25H,9H2/t11-,17-/m0/s1. The van der Waals surface area contributed by atoms with Gasteiger partial charge in [-0.15, -0.1) is 0 Å². The quantitative estimate of drug-likeness (QED) is 0.686. The van der Waals surface area contributed by atoms with Crippen LogP contribution < -0.4 is 9.75 Å². The molecule has 3 heterocycles. The summed E-state index contributed by atoms with van der Waals surface area (Å²) in [6.45, 7) is -0.326. The number of para-hydroxylation sites is 2. The lowest BCUT2D eigenvalue weighted by atomic mass is 9.86. The molecule has 2 aromatic carbocycles. The monoisotopic (exact) mass is 391 g/mol. The maximum atomic E-state index is 14.0. The van der Waals surface area contributed by atoms with Crippen molar-refractivity contribution < 1.29 is 23.0 Å².